The molecule has 2 aliphatic rings. The van der Waals surface area contributed by atoms with Crippen molar-refractivity contribution in [1.82, 2.24) is 19.9 Å². The molecule has 0 atom stereocenters. The summed E-state index contributed by atoms with van der Waals surface area (Å²) in [4.78, 5) is 22.3. The second kappa shape index (κ2) is 19.6. The Morgan fingerprint density at radius 1 is 0.384 bits per heavy atom. The Balaban J connectivity index is 0.00000711. The molecule has 4 aromatic carbocycles. The standard InChI is InChI=1S/C67H68N4Si.Ni/c1-64(2,3)48-37-46(38-49(41-48)65(4,5)6)62-57-29-27-53(68-57)52(26-25-43-21-23-44(24-22-43)35-36-72(13,14)15)54-28-30-58(69-54)63(47-39-50(66(7,8)9)42-51(40-47)67(10,11)12)60-34-32-56(71-60)61(45-19-17-16-18-20-45)55-31-33-59(62)70-55;/h16-24,27-34,37-42H,1-15H3;/q-2;+2. The maximum Gasteiger partial charge on any atom is 2.00 e. The molecule has 3 aromatic heterocycles. The van der Waals surface area contributed by atoms with Crippen LogP contribution in [0.25, 0.3) is 79.8 Å². The molecular formula is C67H68N4NiSi. The fourth-order valence-electron chi connectivity index (χ4n) is 9.01. The number of nitrogens with zero attached hydrogens (tertiary/aromatic N) is 4. The molecule has 0 fully saturated rings. The van der Waals surface area contributed by atoms with Crippen molar-refractivity contribution < 1.29 is 16.5 Å². The predicted octanol–water partition coefficient (Wildman–Crippen LogP) is 16.7. The van der Waals surface area contributed by atoms with Gasteiger partial charge in [-0.15, -0.1) is 27.6 Å². The van der Waals surface area contributed by atoms with Crippen molar-refractivity contribution >= 4 is 54.4 Å². The van der Waals surface area contributed by atoms with E-state index in [0.29, 0.717) is 0 Å². The van der Waals surface area contributed by atoms with Gasteiger partial charge in [0.15, 0.2) is 0 Å². The third-order valence-corrected chi connectivity index (χ3v) is 14.3. The minimum atomic E-state index is -1.53. The fourth-order valence-corrected chi connectivity index (χ4v) is 9.53. The molecule has 9 rings (SSSR count). The molecule has 73 heavy (non-hydrogen) atoms. The molecule has 6 heteroatoms. The number of aromatic nitrogens is 4. The van der Waals surface area contributed by atoms with Crippen molar-refractivity contribution in [2.24, 2.45) is 0 Å². The van der Waals surface area contributed by atoms with E-state index in [0.717, 1.165) is 94.9 Å². The Labute approximate surface area is 446 Å². The van der Waals surface area contributed by atoms with Crippen LogP contribution in [0.5, 0.6) is 0 Å². The second-order valence-corrected chi connectivity index (χ2v) is 29.4. The summed E-state index contributed by atoms with van der Waals surface area (Å²) in [5, 5.41) is 0. The third-order valence-electron chi connectivity index (χ3n) is 13.4. The Bertz CT molecular complexity index is 3500. The Morgan fingerprint density at radius 3 is 1.15 bits per heavy atom. The first-order valence-electron chi connectivity index (χ1n) is 25.4. The summed E-state index contributed by atoms with van der Waals surface area (Å²) in [5.41, 5.74) is 23.3. The maximum absolute atomic E-state index is 5.59. The predicted molar refractivity (Wildman–Crippen MR) is 311 cm³/mol. The number of hydrogen-bond donors (Lipinski definition) is 0. The smallest absolute Gasteiger partial charge is 0.657 e. The first-order valence-corrected chi connectivity index (χ1v) is 28.9. The molecule has 0 N–H and O–H groups in total. The molecular weight excluding hydrogens is 948 g/mol. The minimum absolute atomic E-state index is 0. The zero-order chi connectivity index (χ0) is 51.5. The van der Waals surface area contributed by atoms with Crippen LogP contribution in [0.2, 0.25) is 19.6 Å². The van der Waals surface area contributed by atoms with Gasteiger partial charge in [-0.2, -0.15) is 0 Å². The van der Waals surface area contributed by atoms with Gasteiger partial charge in [0.25, 0.3) is 0 Å². The van der Waals surface area contributed by atoms with Crippen LogP contribution in [0.4, 0.5) is 0 Å². The molecule has 4 nitrogen and oxygen atoms in total. The molecule has 7 aromatic rings. The Hall–Kier alpha value is -6.69. The maximum atomic E-state index is 5.59. The van der Waals surface area contributed by atoms with Crippen LogP contribution in [0.15, 0.2) is 115 Å². The van der Waals surface area contributed by atoms with Crippen molar-refractivity contribution in [3.05, 3.63) is 177 Å². The zero-order valence-corrected chi connectivity index (χ0v) is 47.4. The summed E-state index contributed by atoms with van der Waals surface area (Å²) in [7, 11) is -1.53. The topological polar surface area (TPSA) is 54.0 Å². The van der Waals surface area contributed by atoms with Crippen LogP contribution in [-0.2, 0) is 38.2 Å². The number of benzene rings is 4. The summed E-state index contributed by atoms with van der Waals surface area (Å²) < 4.78 is 0. The van der Waals surface area contributed by atoms with E-state index in [1.54, 1.807) is 0 Å². The van der Waals surface area contributed by atoms with Crippen molar-refractivity contribution in [3.8, 4) is 56.7 Å². The SMILES string of the molecule is CC(C)(C)c1cc(-c2c3nc(c(-c4ccccc4)c4ccc([n-]4)c(-c4cc(C(C)(C)C)cc(C(C)(C)C)c4)c4nc(c(C#Cc5ccc(C#C[Si](C)(C)C)cc5)c5ccc2[n-]5)C=C4)C=C3)cc(C(C)(C)C)c1.[Ni+2]. The number of fused-ring (bicyclic) bond motifs is 8. The molecule has 0 saturated heterocycles. The summed E-state index contributed by atoms with van der Waals surface area (Å²) in [5.74, 6) is 10.5. The van der Waals surface area contributed by atoms with Crippen molar-refractivity contribution in [3.63, 3.8) is 0 Å². The van der Waals surface area contributed by atoms with E-state index in [-0.39, 0.29) is 38.2 Å². The first kappa shape index (κ1) is 52.6. The fraction of sp³-hybridized carbons (Fsp3) is 0.284. The van der Waals surface area contributed by atoms with Crippen LogP contribution >= 0.6 is 0 Å². The van der Waals surface area contributed by atoms with Crippen molar-refractivity contribution in [1.29, 1.82) is 0 Å². The van der Waals surface area contributed by atoms with Crippen LogP contribution in [0.1, 0.15) is 145 Å². The monoisotopic (exact) mass is 1010 g/mol. The zero-order valence-electron chi connectivity index (χ0n) is 45.4. The van der Waals surface area contributed by atoms with Crippen LogP contribution in [0, 0.1) is 23.3 Å². The third kappa shape index (κ3) is 11.6. The minimum Gasteiger partial charge on any atom is -0.657 e. The quantitative estimate of drug-likeness (QED) is 0.131. The van der Waals surface area contributed by atoms with Gasteiger partial charge >= 0.3 is 16.5 Å². The van der Waals surface area contributed by atoms with Gasteiger partial charge in [-0.1, -0.05) is 211 Å². The molecule has 0 spiro atoms. The van der Waals surface area contributed by atoms with Crippen molar-refractivity contribution in [2.75, 3.05) is 0 Å². The average Bonchev–Trinajstić information content (AvgIpc) is 4.16. The van der Waals surface area contributed by atoms with Gasteiger partial charge < -0.3 is 9.97 Å². The molecule has 0 aliphatic carbocycles. The van der Waals surface area contributed by atoms with Gasteiger partial charge in [0.05, 0.1) is 22.8 Å². The normalized spacial score (nSPS) is 12.7. The summed E-state index contributed by atoms with van der Waals surface area (Å²) >= 11 is 0. The van der Waals surface area contributed by atoms with Crippen LogP contribution in [0.3, 0.4) is 0 Å². The molecule has 8 bridgehead atoms. The van der Waals surface area contributed by atoms with Gasteiger partial charge in [-0.05, 0) is 126 Å². The molecule has 0 radical (unpaired) electrons. The van der Waals surface area contributed by atoms with E-state index in [2.05, 4.69) is 266 Å². The van der Waals surface area contributed by atoms with E-state index >= 15 is 0 Å². The van der Waals surface area contributed by atoms with Gasteiger partial charge in [-0.3, -0.25) is 0 Å². The first-order chi connectivity index (χ1) is 33.8. The molecule has 370 valence electrons. The van der Waals surface area contributed by atoms with E-state index in [9.17, 15) is 0 Å². The molecule has 0 amide bonds. The molecule has 2 aliphatic heterocycles. The van der Waals surface area contributed by atoms with Crippen LogP contribution in [-0.4, -0.2) is 18.0 Å². The van der Waals surface area contributed by atoms with Gasteiger partial charge in [0.2, 0.25) is 0 Å². The van der Waals surface area contributed by atoms with Gasteiger partial charge in [0.1, 0.15) is 8.07 Å². The number of rotatable bonds is 3. The van der Waals surface area contributed by atoms with Crippen LogP contribution < -0.4 is 9.97 Å². The summed E-state index contributed by atoms with van der Waals surface area (Å²) in [6.07, 6.45) is 8.53. The Kier molecular flexibility index (Phi) is 14.2. The van der Waals surface area contributed by atoms with Crippen molar-refractivity contribution in [2.45, 2.75) is 124 Å². The molecule has 5 heterocycles. The largest absolute Gasteiger partial charge is 2.00 e. The summed E-state index contributed by atoms with van der Waals surface area (Å²) in [6.45, 7) is 34.2. The van der Waals surface area contributed by atoms with E-state index in [1.165, 1.54) is 22.3 Å². The van der Waals surface area contributed by atoms with E-state index < -0.39 is 8.07 Å². The molecule has 0 unspecified atom stereocenters. The van der Waals surface area contributed by atoms with Gasteiger partial charge in [0, 0.05) is 16.7 Å². The van der Waals surface area contributed by atoms with Gasteiger partial charge in [-0.25, -0.2) is 9.97 Å². The summed E-state index contributed by atoms with van der Waals surface area (Å²) in [6, 6.07) is 41.4. The van der Waals surface area contributed by atoms with E-state index in [4.69, 9.17) is 19.9 Å². The second-order valence-electron chi connectivity index (χ2n) is 24.7. The Morgan fingerprint density at radius 2 is 0.740 bits per heavy atom. The van der Waals surface area contributed by atoms with E-state index in [1.807, 2.05) is 0 Å². The molecule has 0 saturated carbocycles. The average molecular weight is 1020 g/mol. The number of hydrogen-bond acceptors (Lipinski definition) is 2.